The molecule has 1 aliphatic rings. The third kappa shape index (κ3) is 4.06. The van der Waals surface area contributed by atoms with Crippen LogP contribution in [-0.2, 0) is 11.2 Å². The number of piperidine rings is 1. The van der Waals surface area contributed by atoms with E-state index in [9.17, 15) is 9.18 Å². The molecule has 0 saturated carbocycles. The molecule has 0 N–H and O–H groups in total. The van der Waals surface area contributed by atoms with Crippen molar-refractivity contribution < 1.29 is 9.18 Å². The lowest BCUT2D eigenvalue weighted by atomic mass is 9.91. The lowest BCUT2D eigenvalue weighted by molar-refractivity contribution is -0.131. The molecule has 1 aliphatic heterocycles. The third-order valence-corrected chi connectivity index (χ3v) is 5.08. The van der Waals surface area contributed by atoms with Crippen LogP contribution in [0.1, 0.15) is 30.0 Å². The highest BCUT2D eigenvalue weighted by atomic mass is 19.1. The minimum Gasteiger partial charge on any atom is -0.342 e. The third-order valence-electron chi connectivity index (χ3n) is 5.08. The van der Waals surface area contributed by atoms with E-state index in [-0.39, 0.29) is 17.6 Å². The normalized spacial score (nSPS) is 16.8. The molecule has 5 nitrogen and oxygen atoms in total. The van der Waals surface area contributed by atoms with Gasteiger partial charge in [-0.2, -0.15) is 0 Å². The summed E-state index contributed by atoms with van der Waals surface area (Å²) >= 11 is 0. The van der Waals surface area contributed by atoms with Crippen molar-refractivity contribution in [1.82, 2.24) is 19.9 Å². The molecule has 2 aromatic heterocycles. The highest BCUT2D eigenvalue weighted by Gasteiger charge is 2.28. The van der Waals surface area contributed by atoms with E-state index in [1.807, 2.05) is 17.0 Å². The molecule has 1 saturated heterocycles. The van der Waals surface area contributed by atoms with Crippen LogP contribution in [-0.4, -0.2) is 38.8 Å². The Labute approximate surface area is 163 Å². The van der Waals surface area contributed by atoms with Gasteiger partial charge in [0.05, 0.1) is 17.8 Å². The molecule has 0 aliphatic carbocycles. The number of benzene rings is 1. The molecule has 6 heteroatoms. The van der Waals surface area contributed by atoms with Gasteiger partial charge in [0.15, 0.2) is 0 Å². The van der Waals surface area contributed by atoms with Gasteiger partial charge in [0, 0.05) is 49.4 Å². The quantitative estimate of drug-likeness (QED) is 0.698. The van der Waals surface area contributed by atoms with Crippen LogP contribution in [0.2, 0.25) is 0 Å². The smallest absolute Gasteiger partial charge is 0.227 e. The summed E-state index contributed by atoms with van der Waals surface area (Å²) in [5, 5.41) is 0. The minimum absolute atomic E-state index is 0.102. The van der Waals surface area contributed by atoms with Crippen LogP contribution in [0, 0.1) is 5.82 Å². The molecule has 1 amide bonds. The minimum atomic E-state index is -0.279. The van der Waals surface area contributed by atoms with Crippen LogP contribution in [0.5, 0.6) is 0 Å². The van der Waals surface area contributed by atoms with E-state index in [1.54, 1.807) is 36.9 Å². The van der Waals surface area contributed by atoms with Crippen molar-refractivity contribution in [2.24, 2.45) is 0 Å². The maximum Gasteiger partial charge on any atom is 0.227 e. The first-order valence-corrected chi connectivity index (χ1v) is 9.44. The molecule has 1 aromatic carbocycles. The van der Waals surface area contributed by atoms with Crippen molar-refractivity contribution >= 4 is 5.91 Å². The first kappa shape index (κ1) is 18.2. The maximum absolute atomic E-state index is 13.3. The zero-order valence-corrected chi connectivity index (χ0v) is 15.5. The molecular formula is C22H21FN4O. The van der Waals surface area contributed by atoms with Crippen molar-refractivity contribution in [3.8, 4) is 11.3 Å². The zero-order valence-electron chi connectivity index (χ0n) is 15.5. The molecular weight excluding hydrogens is 355 g/mol. The van der Waals surface area contributed by atoms with E-state index < -0.39 is 0 Å². The van der Waals surface area contributed by atoms with Crippen LogP contribution in [0.4, 0.5) is 4.39 Å². The van der Waals surface area contributed by atoms with Gasteiger partial charge in [0.2, 0.25) is 5.91 Å². The number of halogens is 1. The molecule has 0 bridgehead atoms. The fourth-order valence-electron chi connectivity index (χ4n) is 3.69. The average molecular weight is 376 g/mol. The predicted octanol–water partition coefficient (Wildman–Crippen LogP) is 3.63. The number of aromatic nitrogens is 3. The second-order valence-corrected chi connectivity index (χ2v) is 7.01. The summed E-state index contributed by atoms with van der Waals surface area (Å²) in [5.74, 6) is -0.0655. The number of likely N-dealkylation sites (tertiary alicyclic amines) is 1. The van der Waals surface area contributed by atoms with Crippen LogP contribution in [0.25, 0.3) is 11.3 Å². The first-order chi connectivity index (χ1) is 13.7. The van der Waals surface area contributed by atoms with Crippen LogP contribution in [0.3, 0.4) is 0 Å². The fraction of sp³-hybridized carbons (Fsp3) is 0.273. The standard InChI is InChI=1S/C22H21FN4O/c23-19-7-5-17(6-8-19)21-22(26-11-10-25-21)18-4-2-12-27(15-18)20(28)13-16-3-1-9-24-14-16/h1,3,5-11,14,18H,2,4,12-13,15H2/t18-/m1/s1. The summed E-state index contributed by atoms with van der Waals surface area (Å²) in [6.07, 6.45) is 8.98. The largest absolute Gasteiger partial charge is 0.342 e. The Hall–Kier alpha value is -3.15. The number of carbonyl (C=O) groups is 1. The van der Waals surface area contributed by atoms with Crippen LogP contribution >= 0.6 is 0 Å². The Kier molecular flexibility index (Phi) is 5.37. The monoisotopic (exact) mass is 376 g/mol. The van der Waals surface area contributed by atoms with E-state index >= 15 is 0 Å². The second-order valence-electron chi connectivity index (χ2n) is 7.01. The number of carbonyl (C=O) groups excluding carboxylic acids is 1. The number of hydrogen-bond acceptors (Lipinski definition) is 4. The van der Waals surface area contributed by atoms with Gasteiger partial charge in [-0.05, 0) is 48.7 Å². The summed E-state index contributed by atoms with van der Waals surface area (Å²) in [6, 6.07) is 10.1. The van der Waals surface area contributed by atoms with Gasteiger partial charge in [-0.3, -0.25) is 19.7 Å². The van der Waals surface area contributed by atoms with Gasteiger partial charge in [0.25, 0.3) is 0 Å². The first-order valence-electron chi connectivity index (χ1n) is 9.44. The van der Waals surface area contributed by atoms with Crippen molar-refractivity contribution in [3.05, 3.63) is 78.3 Å². The van der Waals surface area contributed by atoms with E-state index in [0.29, 0.717) is 13.0 Å². The average Bonchev–Trinajstić information content (AvgIpc) is 2.75. The molecule has 3 aromatic rings. The lowest BCUT2D eigenvalue weighted by Gasteiger charge is -2.33. The van der Waals surface area contributed by atoms with Crippen molar-refractivity contribution in [2.75, 3.05) is 13.1 Å². The van der Waals surface area contributed by atoms with E-state index in [4.69, 9.17) is 0 Å². The predicted molar refractivity (Wildman–Crippen MR) is 104 cm³/mol. The van der Waals surface area contributed by atoms with E-state index in [1.165, 1.54) is 12.1 Å². The van der Waals surface area contributed by atoms with E-state index in [0.717, 1.165) is 41.9 Å². The highest BCUT2D eigenvalue weighted by Crippen LogP contribution is 2.32. The number of rotatable bonds is 4. The molecule has 1 atom stereocenters. The second kappa shape index (κ2) is 8.25. The molecule has 142 valence electrons. The Bertz CT molecular complexity index is 946. The summed E-state index contributed by atoms with van der Waals surface area (Å²) in [7, 11) is 0. The molecule has 1 fully saturated rings. The fourth-order valence-corrected chi connectivity index (χ4v) is 3.69. The Morgan fingerprint density at radius 1 is 1.11 bits per heavy atom. The van der Waals surface area contributed by atoms with Crippen molar-refractivity contribution in [1.29, 1.82) is 0 Å². The zero-order chi connectivity index (χ0) is 19.3. The van der Waals surface area contributed by atoms with Gasteiger partial charge in [-0.25, -0.2) is 4.39 Å². The van der Waals surface area contributed by atoms with Gasteiger partial charge in [0.1, 0.15) is 5.82 Å². The van der Waals surface area contributed by atoms with Gasteiger partial charge >= 0.3 is 0 Å². The summed E-state index contributed by atoms with van der Waals surface area (Å²) in [6.45, 7) is 1.37. The maximum atomic E-state index is 13.3. The van der Waals surface area contributed by atoms with Gasteiger partial charge < -0.3 is 4.90 Å². The van der Waals surface area contributed by atoms with Gasteiger partial charge in [-0.15, -0.1) is 0 Å². The lowest BCUT2D eigenvalue weighted by Crippen LogP contribution is -2.40. The van der Waals surface area contributed by atoms with Crippen LogP contribution < -0.4 is 0 Å². The topological polar surface area (TPSA) is 59.0 Å². The summed E-state index contributed by atoms with van der Waals surface area (Å²) in [5.41, 5.74) is 3.38. The van der Waals surface area contributed by atoms with E-state index in [2.05, 4.69) is 15.0 Å². The molecule has 3 heterocycles. The number of pyridine rings is 1. The van der Waals surface area contributed by atoms with Crippen molar-refractivity contribution in [3.63, 3.8) is 0 Å². The Morgan fingerprint density at radius 2 is 1.93 bits per heavy atom. The summed E-state index contributed by atoms with van der Waals surface area (Å²) < 4.78 is 13.3. The van der Waals surface area contributed by atoms with Crippen LogP contribution in [0.15, 0.2) is 61.2 Å². The number of hydrogen-bond donors (Lipinski definition) is 0. The molecule has 0 radical (unpaired) electrons. The number of amides is 1. The van der Waals surface area contributed by atoms with Gasteiger partial charge in [-0.1, -0.05) is 6.07 Å². The van der Waals surface area contributed by atoms with Crippen molar-refractivity contribution in [2.45, 2.75) is 25.2 Å². The molecule has 4 rings (SSSR count). The summed E-state index contributed by atoms with van der Waals surface area (Å²) in [4.78, 5) is 27.8. The SMILES string of the molecule is O=C(Cc1cccnc1)N1CCC[C@@H](c2nccnc2-c2ccc(F)cc2)C1. The number of nitrogens with zero attached hydrogens (tertiary/aromatic N) is 4. The molecule has 28 heavy (non-hydrogen) atoms. The molecule has 0 spiro atoms. The molecule has 0 unspecified atom stereocenters. The Balaban J connectivity index is 1.54. The Morgan fingerprint density at radius 3 is 2.71 bits per heavy atom. The highest BCUT2D eigenvalue weighted by molar-refractivity contribution is 5.79.